The average Bonchev–Trinajstić information content (AvgIpc) is 2.29. The average molecular weight is 336 g/mol. The van der Waals surface area contributed by atoms with Crippen molar-refractivity contribution in [1.29, 1.82) is 0 Å². The molecule has 0 amide bonds. The third-order valence-electron chi connectivity index (χ3n) is 2.87. The van der Waals surface area contributed by atoms with E-state index in [2.05, 4.69) is 25.6 Å². The van der Waals surface area contributed by atoms with Crippen LogP contribution in [0, 0.1) is 11.8 Å². The molecule has 102 valence electrons. The zero-order valence-corrected chi connectivity index (χ0v) is 13.0. The molecule has 0 bridgehead atoms. The van der Waals surface area contributed by atoms with Gasteiger partial charge in [0.15, 0.2) is 0 Å². The number of halogens is 1. The van der Waals surface area contributed by atoms with Crippen LogP contribution in [0.15, 0.2) is 21.6 Å². The number of aromatic nitrogens is 1. The van der Waals surface area contributed by atoms with Crippen LogP contribution in [0.25, 0.3) is 0 Å². The Balaban J connectivity index is 2.90. The van der Waals surface area contributed by atoms with Crippen molar-refractivity contribution in [3.8, 4) is 0 Å². The number of hydrogen-bond donors (Lipinski definition) is 2. The molecule has 0 saturated carbocycles. The van der Waals surface area contributed by atoms with Crippen LogP contribution in [-0.4, -0.2) is 19.9 Å². The van der Waals surface area contributed by atoms with Crippen molar-refractivity contribution in [1.82, 2.24) is 9.71 Å². The van der Waals surface area contributed by atoms with Crippen LogP contribution in [0.3, 0.4) is 0 Å². The first-order chi connectivity index (χ1) is 8.24. The summed E-state index contributed by atoms with van der Waals surface area (Å²) in [6, 6.07) is 1.45. The monoisotopic (exact) mass is 335 g/mol. The lowest BCUT2D eigenvalue weighted by Gasteiger charge is -2.16. The number of nitrogens with one attached hydrogen (secondary N) is 1. The number of sulfonamides is 1. The van der Waals surface area contributed by atoms with Crippen LogP contribution in [0.5, 0.6) is 0 Å². The predicted octanol–water partition coefficient (Wildman–Crippen LogP) is 2.00. The SMILES string of the molecule is CC(C)C(C)CNS(=O)(=O)c1cc(Br)cnc1N. The summed E-state index contributed by atoms with van der Waals surface area (Å²) in [5, 5.41) is 0. The second kappa shape index (κ2) is 5.99. The molecular formula is C11H18BrN3O2S. The van der Waals surface area contributed by atoms with Crippen LogP contribution in [0.1, 0.15) is 20.8 Å². The summed E-state index contributed by atoms with van der Waals surface area (Å²) in [7, 11) is -3.61. The fourth-order valence-electron chi connectivity index (χ4n) is 1.20. The number of hydrogen-bond acceptors (Lipinski definition) is 4. The summed E-state index contributed by atoms with van der Waals surface area (Å²) in [5.74, 6) is 0.662. The van der Waals surface area contributed by atoms with Gasteiger partial charge in [0.05, 0.1) is 0 Å². The van der Waals surface area contributed by atoms with Gasteiger partial charge in [0.1, 0.15) is 10.7 Å². The van der Waals surface area contributed by atoms with Gasteiger partial charge in [-0.15, -0.1) is 0 Å². The van der Waals surface area contributed by atoms with Crippen molar-refractivity contribution in [2.24, 2.45) is 11.8 Å². The highest BCUT2D eigenvalue weighted by molar-refractivity contribution is 9.10. The van der Waals surface area contributed by atoms with Crippen molar-refractivity contribution in [3.63, 3.8) is 0 Å². The molecule has 0 aromatic carbocycles. The topological polar surface area (TPSA) is 85.1 Å². The zero-order valence-electron chi connectivity index (χ0n) is 10.6. The molecule has 1 heterocycles. The first-order valence-electron chi connectivity index (χ1n) is 5.64. The van der Waals surface area contributed by atoms with Gasteiger partial charge in [-0.25, -0.2) is 18.1 Å². The Morgan fingerprint density at radius 1 is 1.44 bits per heavy atom. The van der Waals surface area contributed by atoms with Gasteiger partial charge in [0, 0.05) is 17.2 Å². The van der Waals surface area contributed by atoms with Crippen LogP contribution in [-0.2, 0) is 10.0 Å². The minimum Gasteiger partial charge on any atom is -0.383 e. The third-order valence-corrected chi connectivity index (χ3v) is 4.76. The van der Waals surface area contributed by atoms with E-state index in [4.69, 9.17) is 5.73 Å². The van der Waals surface area contributed by atoms with Crippen LogP contribution >= 0.6 is 15.9 Å². The molecular weight excluding hydrogens is 318 g/mol. The molecule has 18 heavy (non-hydrogen) atoms. The Kier molecular flexibility index (Phi) is 5.12. The predicted molar refractivity (Wildman–Crippen MR) is 75.5 cm³/mol. The number of nitrogens with zero attached hydrogens (tertiary/aromatic N) is 1. The second-order valence-electron chi connectivity index (χ2n) is 4.61. The van der Waals surface area contributed by atoms with Gasteiger partial charge in [0.25, 0.3) is 0 Å². The summed E-state index contributed by atoms with van der Waals surface area (Å²) in [5.41, 5.74) is 5.59. The van der Waals surface area contributed by atoms with E-state index in [1.54, 1.807) is 0 Å². The second-order valence-corrected chi connectivity index (χ2v) is 7.26. The number of rotatable bonds is 5. The maximum atomic E-state index is 12.1. The molecule has 5 nitrogen and oxygen atoms in total. The maximum Gasteiger partial charge on any atom is 0.244 e. The van der Waals surface area contributed by atoms with Crippen molar-refractivity contribution < 1.29 is 8.42 Å². The van der Waals surface area contributed by atoms with Gasteiger partial charge < -0.3 is 5.73 Å². The smallest absolute Gasteiger partial charge is 0.244 e. The van der Waals surface area contributed by atoms with Crippen LogP contribution < -0.4 is 10.5 Å². The lowest BCUT2D eigenvalue weighted by Crippen LogP contribution is -2.30. The molecule has 3 N–H and O–H groups in total. The van der Waals surface area contributed by atoms with Gasteiger partial charge in [0.2, 0.25) is 10.0 Å². The van der Waals surface area contributed by atoms with Gasteiger partial charge in [-0.2, -0.15) is 0 Å². The Morgan fingerprint density at radius 3 is 2.61 bits per heavy atom. The lowest BCUT2D eigenvalue weighted by atomic mass is 9.99. The quantitative estimate of drug-likeness (QED) is 0.861. The van der Waals surface area contributed by atoms with Gasteiger partial charge >= 0.3 is 0 Å². The van der Waals surface area contributed by atoms with E-state index in [0.29, 0.717) is 16.9 Å². The highest BCUT2D eigenvalue weighted by atomic mass is 79.9. The lowest BCUT2D eigenvalue weighted by molar-refractivity contribution is 0.414. The van der Waals surface area contributed by atoms with Crippen molar-refractivity contribution in [2.45, 2.75) is 25.7 Å². The summed E-state index contributed by atoms with van der Waals surface area (Å²) >= 11 is 3.18. The maximum absolute atomic E-state index is 12.1. The van der Waals surface area contributed by atoms with Crippen molar-refractivity contribution in [2.75, 3.05) is 12.3 Å². The minimum atomic E-state index is -3.61. The van der Waals surface area contributed by atoms with E-state index < -0.39 is 10.0 Å². The molecule has 0 aliphatic carbocycles. The molecule has 1 aromatic heterocycles. The Bertz CT molecular complexity index is 517. The first-order valence-corrected chi connectivity index (χ1v) is 7.92. The van der Waals surface area contributed by atoms with E-state index in [9.17, 15) is 8.42 Å². The Hall–Kier alpha value is -0.660. The van der Waals surface area contributed by atoms with E-state index in [0.717, 1.165) is 0 Å². The fourth-order valence-corrected chi connectivity index (χ4v) is 2.93. The molecule has 7 heteroatoms. The highest BCUT2D eigenvalue weighted by Gasteiger charge is 2.20. The number of anilines is 1. The van der Waals surface area contributed by atoms with Crippen molar-refractivity contribution >= 4 is 31.8 Å². The van der Waals surface area contributed by atoms with E-state index in [-0.39, 0.29) is 16.6 Å². The molecule has 0 fully saturated rings. The standard InChI is InChI=1S/C11H18BrN3O2S/c1-7(2)8(3)5-15-18(16,17)10-4-9(12)6-14-11(10)13/h4,6-8,15H,5H2,1-3H3,(H2,13,14). The van der Waals surface area contributed by atoms with Gasteiger partial charge in [-0.05, 0) is 33.8 Å². The highest BCUT2D eigenvalue weighted by Crippen LogP contribution is 2.20. The Morgan fingerprint density at radius 2 is 2.06 bits per heavy atom. The normalized spacial score (nSPS) is 13.8. The van der Waals surface area contributed by atoms with Crippen LogP contribution in [0.4, 0.5) is 5.82 Å². The van der Waals surface area contributed by atoms with E-state index in [1.807, 2.05) is 20.8 Å². The number of nitrogens with two attached hydrogens (primary N) is 1. The van der Waals surface area contributed by atoms with E-state index in [1.165, 1.54) is 12.3 Å². The molecule has 0 radical (unpaired) electrons. The molecule has 1 unspecified atom stereocenters. The van der Waals surface area contributed by atoms with E-state index >= 15 is 0 Å². The van der Waals surface area contributed by atoms with Crippen LogP contribution in [0.2, 0.25) is 0 Å². The summed E-state index contributed by atoms with van der Waals surface area (Å²) < 4.78 is 27.3. The fraction of sp³-hybridized carbons (Fsp3) is 0.545. The minimum absolute atomic E-state index is 0.00269. The summed E-state index contributed by atoms with van der Waals surface area (Å²) in [6.45, 7) is 6.48. The largest absolute Gasteiger partial charge is 0.383 e. The number of nitrogen functional groups attached to an aromatic ring is 1. The molecule has 0 saturated heterocycles. The molecule has 0 spiro atoms. The molecule has 1 atom stereocenters. The third kappa shape index (κ3) is 3.93. The molecule has 0 aliphatic heterocycles. The van der Waals surface area contributed by atoms with Gasteiger partial charge in [-0.1, -0.05) is 20.8 Å². The Labute approximate surface area is 116 Å². The molecule has 1 aromatic rings. The number of pyridine rings is 1. The summed E-state index contributed by atoms with van der Waals surface area (Å²) in [6.07, 6.45) is 1.46. The van der Waals surface area contributed by atoms with Gasteiger partial charge in [-0.3, -0.25) is 0 Å². The molecule has 0 aliphatic rings. The molecule has 1 rings (SSSR count). The first kappa shape index (κ1) is 15.4. The van der Waals surface area contributed by atoms with Crippen molar-refractivity contribution in [3.05, 3.63) is 16.7 Å². The summed E-state index contributed by atoms with van der Waals surface area (Å²) in [4.78, 5) is 3.83. The zero-order chi connectivity index (χ0) is 13.9.